The molecule has 0 saturated carbocycles. The molecule has 2 nitrogen and oxygen atoms in total. The summed E-state index contributed by atoms with van der Waals surface area (Å²) in [6.07, 6.45) is 0.873. The fraction of sp³-hybridized carbons (Fsp3) is 0.333. The minimum atomic E-state index is 0.658. The van der Waals surface area contributed by atoms with E-state index in [4.69, 9.17) is 10.5 Å². The van der Waals surface area contributed by atoms with Crippen LogP contribution in [0.25, 0.3) is 0 Å². The molecule has 12 heavy (non-hydrogen) atoms. The lowest BCUT2D eigenvalue weighted by atomic mass is 10.1. The highest BCUT2D eigenvalue weighted by Gasteiger charge is 2.00. The van der Waals surface area contributed by atoms with Crippen LogP contribution in [0.5, 0.6) is 5.75 Å². The van der Waals surface area contributed by atoms with E-state index in [1.165, 1.54) is 5.56 Å². The van der Waals surface area contributed by atoms with Crippen LogP contribution in [0.3, 0.4) is 0 Å². The van der Waals surface area contributed by atoms with Gasteiger partial charge < -0.3 is 10.5 Å². The standard InChI is InChI=1S/C9H12BrNO/c1-12-8-2-3-9(10)7(6-8)4-5-11/h2-3,6H,4-5,11H2,1H3. The van der Waals surface area contributed by atoms with Crippen molar-refractivity contribution >= 4 is 15.9 Å². The zero-order chi connectivity index (χ0) is 8.97. The summed E-state index contributed by atoms with van der Waals surface area (Å²) >= 11 is 3.45. The van der Waals surface area contributed by atoms with Gasteiger partial charge in [-0.25, -0.2) is 0 Å². The zero-order valence-electron chi connectivity index (χ0n) is 7.01. The molecular weight excluding hydrogens is 218 g/mol. The molecule has 1 rings (SSSR count). The lowest BCUT2D eigenvalue weighted by Crippen LogP contribution is -2.03. The van der Waals surface area contributed by atoms with Gasteiger partial charge in [0.1, 0.15) is 5.75 Å². The third-order valence-corrected chi connectivity index (χ3v) is 2.44. The van der Waals surface area contributed by atoms with Crippen molar-refractivity contribution in [3.8, 4) is 5.75 Å². The first-order valence-electron chi connectivity index (χ1n) is 3.80. The minimum Gasteiger partial charge on any atom is -0.497 e. The van der Waals surface area contributed by atoms with Crippen LogP contribution in [0.4, 0.5) is 0 Å². The molecule has 66 valence electrons. The third kappa shape index (κ3) is 2.22. The van der Waals surface area contributed by atoms with Gasteiger partial charge in [-0.15, -0.1) is 0 Å². The zero-order valence-corrected chi connectivity index (χ0v) is 8.60. The number of benzene rings is 1. The summed E-state index contributed by atoms with van der Waals surface area (Å²) in [4.78, 5) is 0. The molecule has 0 aromatic heterocycles. The third-order valence-electron chi connectivity index (χ3n) is 1.67. The lowest BCUT2D eigenvalue weighted by molar-refractivity contribution is 0.414. The Morgan fingerprint density at radius 2 is 2.25 bits per heavy atom. The molecule has 0 radical (unpaired) electrons. The van der Waals surface area contributed by atoms with E-state index < -0.39 is 0 Å². The van der Waals surface area contributed by atoms with Crippen molar-refractivity contribution < 1.29 is 4.74 Å². The van der Waals surface area contributed by atoms with Crippen LogP contribution in [-0.4, -0.2) is 13.7 Å². The Hall–Kier alpha value is -0.540. The van der Waals surface area contributed by atoms with Crippen LogP contribution < -0.4 is 10.5 Å². The van der Waals surface area contributed by atoms with E-state index in [1.54, 1.807) is 7.11 Å². The van der Waals surface area contributed by atoms with Gasteiger partial charge >= 0.3 is 0 Å². The van der Waals surface area contributed by atoms with Gasteiger partial charge in [0.05, 0.1) is 7.11 Å². The van der Waals surface area contributed by atoms with E-state index in [-0.39, 0.29) is 0 Å². The Morgan fingerprint density at radius 1 is 1.50 bits per heavy atom. The van der Waals surface area contributed by atoms with Crippen molar-refractivity contribution in [1.82, 2.24) is 0 Å². The van der Waals surface area contributed by atoms with Gasteiger partial charge in [0, 0.05) is 4.47 Å². The van der Waals surface area contributed by atoms with Crippen molar-refractivity contribution in [2.45, 2.75) is 6.42 Å². The second-order valence-corrected chi connectivity index (χ2v) is 3.35. The number of rotatable bonds is 3. The second-order valence-electron chi connectivity index (χ2n) is 2.50. The molecule has 0 fully saturated rings. The molecular formula is C9H12BrNO. The molecule has 0 bridgehead atoms. The number of hydrogen-bond acceptors (Lipinski definition) is 2. The summed E-state index contributed by atoms with van der Waals surface area (Å²) in [6.45, 7) is 0.658. The fourth-order valence-electron chi connectivity index (χ4n) is 1.03. The summed E-state index contributed by atoms with van der Waals surface area (Å²) in [7, 11) is 1.66. The van der Waals surface area contributed by atoms with E-state index in [0.717, 1.165) is 16.6 Å². The number of halogens is 1. The summed E-state index contributed by atoms with van der Waals surface area (Å²) < 4.78 is 6.19. The van der Waals surface area contributed by atoms with Crippen molar-refractivity contribution in [3.05, 3.63) is 28.2 Å². The molecule has 0 saturated heterocycles. The second kappa shape index (κ2) is 4.48. The van der Waals surface area contributed by atoms with E-state index in [2.05, 4.69) is 15.9 Å². The topological polar surface area (TPSA) is 35.2 Å². The average molecular weight is 230 g/mol. The molecule has 0 unspecified atom stereocenters. The molecule has 0 amide bonds. The van der Waals surface area contributed by atoms with Crippen LogP contribution >= 0.6 is 15.9 Å². The Morgan fingerprint density at radius 3 is 2.83 bits per heavy atom. The summed E-state index contributed by atoms with van der Waals surface area (Å²) in [5.41, 5.74) is 6.65. The lowest BCUT2D eigenvalue weighted by Gasteiger charge is -2.05. The largest absolute Gasteiger partial charge is 0.497 e. The van der Waals surface area contributed by atoms with Crippen molar-refractivity contribution in [2.75, 3.05) is 13.7 Å². The molecule has 2 N–H and O–H groups in total. The van der Waals surface area contributed by atoms with Crippen LogP contribution in [0.15, 0.2) is 22.7 Å². The number of hydrogen-bond donors (Lipinski definition) is 1. The minimum absolute atomic E-state index is 0.658. The highest BCUT2D eigenvalue weighted by molar-refractivity contribution is 9.10. The molecule has 3 heteroatoms. The normalized spacial score (nSPS) is 9.92. The maximum atomic E-state index is 5.46. The van der Waals surface area contributed by atoms with E-state index in [9.17, 15) is 0 Å². The van der Waals surface area contributed by atoms with Gasteiger partial charge in [-0.2, -0.15) is 0 Å². The monoisotopic (exact) mass is 229 g/mol. The first kappa shape index (κ1) is 9.55. The Bertz CT molecular complexity index is 263. The van der Waals surface area contributed by atoms with Crippen molar-refractivity contribution in [1.29, 1.82) is 0 Å². The van der Waals surface area contributed by atoms with Gasteiger partial charge in [0.2, 0.25) is 0 Å². The summed E-state index contributed by atoms with van der Waals surface area (Å²) in [6, 6.07) is 5.89. The summed E-state index contributed by atoms with van der Waals surface area (Å²) in [5.74, 6) is 0.877. The molecule has 0 aliphatic rings. The van der Waals surface area contributed by atoms with Crippen molar-refractivity contribution in [3.63, 3.8) is 0 Å². The van der Waals surface area contributed by atoms with Gasteiger partial charge in [0.15, 0.2) is 0 Å². The smallest absolute Gasteiger partial charge is 0.119 e. The van der Waals surface area contributed by atoms with Gasteiger partial charge in [0.25, 0.3) is 0 Å². The Labute approximate surface area is 80.8 Å². The van der Waals surface area contributed by atoms with Crippen LogP contribution in [0.2, 0.25) is 0 Å². The van der Waals surface area contributed by atoms with Crippen molar-refractivity contribution in [2.24, 2.45) is 5.73 Å². The molecule has 1 aromatic rings. The maximum Gasteiger partial charge on any atom is 0.119 e. The number of nitrogens with two attached hydrogens (primary N) is 1. The molecule has 0 spiro atoms. The first-order valence-corrected chi connectivity index (χ1v) is 4.59. The average Bonchev–Trinajstić information content (AvgIpc) is 2.09. The molecule has 0 aliphatic carbocycles. The van der Waals surface area contributed by atoms with E-state index in [1.807, 2.05) is 18.2 Å². The van der Waals surface area contributed by atoms with Crippen LogP contribution in [-0.2, 0) is 6.42 Å². The fourth-order valence-corrected chi connectivity index (χ4v) is 1.47. The van der Waals surface area contributed by atoms with Crippen LogP contribution in [0.1, 0.15) is 5.56 Å². The highest BCUT2D eigenvalue weighted by atomic mass is 79.9. The van der Waals surface area contributed by atoms with Gasteiger partial charge in [-0.1, -0.05) is 15.9 Å². The predicted molar refractivity (Wildman–Crippen MR) is 53.5 cm³/mol. The molecule has 1 aromatic carbocycles. The Balaban J connectivity index is 2.91. The van der Waals surface area contributed by atoms with E-state index >= 15 is 0 Å². The van der Waals surface area contributed by atoms with E-state index in [0.29, 0.717) is 6.54 Å². The Kier molecular flexibility index (Phi) is 3.56. The maximum absolute atomic E-state index is 5.46. The van der Waals surface area contributed by atoms with Gasteiger partial charge in [-0.05, 0) is 36.7 Å². The molecule has 0 atom stereocenters. The quantitative estimate of drug-likeness (QED) is 0.861. The number of ether oxygens (including phenoxy) is 1. The number of methoxy groups -OCH3 is 1. The predicted octanol–water partition coefficient (Wildman–Crippen LogP) is 1.96. The summed E-state index contributed by atoms with van der Waals surface area (Å²) in [5, 5.41) is 0. The molecule has 0 heterocycles. The van der Waals surface area contributed by atoms with Crippen LogP contribution in [0, 0.1) is 0 Å². The highest BCUT2D eigenvalue weighted by Crippen LogP contribution is 2.22. The first-order chi connectivity index (χ1) is 5.77. The van der Waals surface area contributed by atoms with Gasteiger partial charge in [-0.3, -0.25) is 0 Å². The molecule has 0 aliphatic heterocycles. The SMILES string of the molecule is COc1ccc(Br)c(CCN)c1.